The zero-order chi connectivity index (χ0) is 12.7. The molecule has 17 heavy (non-hydrogen) atoms. The minimum absolute atomic E-state index is 0.196. The molecule has 96 valence electrons. The van der Waals surface area contributed by atoms with Crippen molar-refractivity contribution in [3.8, 4) is 5.75 Å². The highest BCUT2D eigenvalue weighted by molar-refractivity contribution is 6.31. The maximum Gasteiger partial charge on any atom is 0.198 e. The number of nitrogens with one attached hydrogen (secondary N) is 1. The first-order chi connectivity index (χ1) is 8.22. The number of hydrogen-bond acceptors (Lipinski definition) is 5. The third kappa shape index (κ3) is 4.02. The monoisotopic (exact) mass is 259 g/mol. The standard InChI is InChI=1S/C11H18ClN3O2/c1-3-8(4-5-16)6-13-11-9(17-2)10(12)14-7-15-11/h7-8,16H,3-6H2,1-2H3,(H,13,14,15). The summed E-state index contributed by atoms with van der Waals surface area (Å²) in [6.07, 6.45) is 3.15. The van der Waals surface area contributed by atoms with Crippen LogP contribution in [0.3, 0.4) is 0 Å². The van der Waals surface area contributed by atoms with Gasteiger partial charge in [-0.3, -0.25) is 0 Å². The van der Waals surface area contributed by atoms with Gasteiger partial charge >= 0.3 is 0 Å². The summed E-state index contributed by atoms with van der Waals surface area (Å²) < 4.78 is 5.13. The number of aromatic nitrogens is 2. The number of rotatable bonds is 7. The topological polar surface area (TPSA) is 67.3 Å². The first-order valence-electron chi connectivity index (χ1n) is 5.62. The van der Waals surface area contributed by atoms with Crippen LogP contribution in [0.1, 0.15) is 19.8 Å². The van der Waals surface area contributed by atoms with Crippen LogP contribution >= 0.6 is 11.6 Å². The predicted molar refractivity (Wildman–Crippen MR) is 67.6 cm³/mol. The van der Waals surface area contributed by atoms with Gasteiger partial charge in [0, 0.05) is 13.2 Å². The quantitative estimate of drug-likeness (QED) is 0.733. The molecule has 2 N–H and O–H groups in total. The fraction of sp³-hybridized carbons (Fsp3) is 0.636. The summed E-state index contributed by atoms with van der Waals surface area (Å²) in [7, 11) is 1.53. The van der Waals surface area contributed by atoms with Gasteiger partial charge in [0.15, 0.2) is 16.7 Å². The van der Waals surface area contributed by atoms with Crippen LogP contribution in [0, 0.1) is 5.92 Å². The molecule has 1 unspecified atom stereocenters. The van der Waals surface area contributed by atoms with E-state index in [1.165, 1.54) is 13.4 Å². The molecule has 0 amide bonds. The Morgan fingerprint density at radius 1 is 1.53 bits per heavy atom. The third-order valence-electron chi connectivity index (χ3n) is 2.64. The van der Waals surface area contributed by atoms with E-state index in [9.17, 15) is 0 Å². The van der Waals surface area contributed by atoms with Crippen molar-refractivity contribution >= 4 is 17.4 Å². The fourth-order valence-corrected chi connectivity index (χ4v) is 1.74. The Hall–Kier alpha value is -1.07. The van der Waals surface area contributed by atoms with Crippen LogP contribution in [0.2, 0.25) is 5.15 Å². The second-order valence-electron chi connectivity index (χ2n) is 3.71. The molecular weight excluding hydrogens is 242 g/mol. The lowest BCUT2D eigenvalue weighted by molar-refractivity contribution is 0.258. The molecule has 1 heterocycles. The van der Waals surface area contributed by atoms with Crippen molar-refractivity contribution in [2.45, 2.75) is 19.8 Å². The number of hydrogen-bond donors (Lipinski definition) is 2. The van der Waals surface area contributed by atoms with Gasteiger partial charge in [0.25, 0.3) is 0 Å². The molecule has 0 saturated carbocycles. The Bertz CT molecular complexity index is 349. The lowest BCUT2D eigenvalue weighted by Gasteiger charge is -2.16. The van der Waals surface area contributed by atoms with Crippen molar-refractivity contribution in [1.82, 2.24) is 9.97 Å². The van der Waals surface area contributed by atoms with E-state index in [0.29, 0.717) is 22.6 Å². The molecule has 1 atom stereocenters. The molecule has 0 bridgehead atoms. The van der Waals surface area contributed by atoms with Gasteiger partial charge < -0.3 is 15.2 Å². The van der Waals surface area contributed by atoms with Crippen LogP contribution in [-0.2, 0) is 0 Å². The molecule has 6 heteroatoms. The summed E-state index contributed by atoms with van der Waals surface area (Å²) in [4.78, 5) is 7.93. The van der Waals surface area contributed by atoms with Crippen molar-refractivity contribution in [2.24, 2.45) is 5.92 Å². The molecule has 1 rings (SSSR count). The Morgan fingerprint density at radius 2 is 2.29 bits per heavy atom. The summed E-state index contributed by atoms with van der Waals surface area (Å²) in [5.74, 6) is 1.44. The number of anilines is 1. The van der Waals surface area contributed by atoms with Crippen molar-refractivity contribution < 1.29 is 9.84 Å². The van der Waals surface area contributed by atoms with E-state index in [1.807, 2.05) is 0 Å². The SMILES string of the molecule is CCC(CCO)CNc1ncnc(Cl)c1OC. The third-order valence-corrected chi connectivity index (χ3v) is 2.91. The van der Waals surface area contributed by atoms with E-state index in [-0.39, 0.29) is 6.61 Å². The van der Waals surface area contributed by atoms with Gasteiger partial charge in [0.2, 0.25) is 0 Å². The first kappa shape index (κ1) is 14.0. The van der Waals surface area contributed by atoms with Gasteiger partial charge in [-0.1, -0.05) is 24.9 Å². The molecule has 0 aliphatic rings. The van der Waals surface area contributed by atoms with Gasteiger partial charge in [-0.25, -0.2) is 9.97 Å². The van der Waals surface area contributed by atoms with Crippen LogP contribution < -0.4 is 10.1 Å². The molecule has 0 saturated heterocycles. The molecule has 5 nitrogen and oxygen atoms in total. The van der Waals surface area contributed by atoms with Gasteiger partial charge in [-0.05, 0) is 12.3 Å². The summed E-state index contributed by atoms with van der Waals surface area (Å²) in [6, 6.07) is 0. The van der Waals surface area contributed by atoms with Crippen LogP contribution in [0.15, 0.2) is 6.33 Å². The van der Waals surface area contributed by atoms with Crippen molar-refractivity contribution in [3.63, 3.8) is 0 Å². The predicted octanol–water partition coefficient (Wildman–Crippen LogP) is 1.96. The van der Waals surface area contributed by atoms with Crippen molar-refractivity contribution in [2.75, 3.05) is 25.6 Å². The summed E-state index contributed by atoms with van der Waals surface area (Å²) >= 11 is 5.88. The van der Waals surface area contributed by atoms with E-state index < -0.39 is 0 Å². The normalized spacial score (nSPS) is 12.2. The van der Waals surface area contributed by atoms with Crippen LogP contribution in [0.5, 0.6) is 5.75 Å². The molecule has 0 aliphatic carbocycles. The highest BCUT2D eigenvalue weighted by Gasteiger charge is 2.12. The second-order valence-corrected chi connectivity index (χ2v) is 4.07. The lowest BCUT2D eigenvalue weighted by atomic mass is 10.0. The average Bonchev–Trinajstić information content (AvgIpc) is 2.34. The van der Waals surface area contributed by atoms with E-state index in [2.05, 4.69) is 22.2 Å². The Kier molecular flexibility index (Phi) is 6.00. The van der Waals surface area contributed by atoms with E-state index in [1.54, 1.807) is 0 Å². The molecule has 1 aromatic rings. The number of ether oxygens (including phenoxy) is 1. The van der Waals surface area contributed by atoms with Crippen molar-refractivity contribution in [3.05, 3.63) is 11.5 Å². The molecule has 0 radical (unpaired) electrons. The Balaban J connectivity index is 2.65. The number of methoxy groups -OCH3 is 1. The average molecular weight is 260 g/mol. The summed E-state index contributed by atoms with van der Waals surface area (Å²) in [5.41, 5.74) is 0. The number of halogens is 1. The van der Waals surface area contributed by atoms with Crippen LogP contribution in [-0.4, -0.2) is 35.3 Å². The molecule has 0 spiro atoms. The summed E-state index contributed by atoms with van der Waals surface area (Å²) in [6.45, 7) is 3.01. The maximum atomic E-state index is 8.91. The molecule has 0 aromatic carbocycles. The fourth-order valence-electron chi connectivity index (χ4n) is 1.53. The van der Waals surface area contributed by atoms with Gasteiger partial charge in [0.1, 0.15) is 6.33 Å². The van der Waals surface area contributed by atoms with Crippen molar-refractivity contribution in [1.29, 1.82) is 0 Å². The molecular formula is C11H18ClN3O2. The van der Waals surface area contributed by atoms with Gasteiger partial charge in [-0.2, -0.15) is 0 Å². The number of aliphatic hydroxyl groups is 1. The van der Waals surface area contributed by atoms with E-state index in [0.717, 1.165) is 19.4 Å². The highest BCUT2D eigenvalue weighted by atomic mass is 35.5. The first-order valence-corrected chi connectivity index (χ1v) is 5.99. The highest BCUT2D eigenvalue weighted by Crippen LogP contribution is 2.28. The largest absolute Gasteiger partial charge is 0.490 e. The molecule has 1 aromatic heterocycles. The van der Waals surface area contributed by atoms with Gasteiger partial charge in [0.05, 0.1) is 7.11 Å². The van der Waals surface area contributed by atoms with E-state index >= 15 is 0 Å². The zero-order valence-electron chi connectivity index (χ0n) is 10.1. The number of aliphatic hydroxyl groups excluding tert-OH is 1. The summed E-state index contributed by atoms with van der Waals surface area (Å²) in [5, 5.41) is 12.4. The minimum Gasteiger partial charge on any atom is -0.490 e. The zero-order valence-corrected chi connectivity index (χ0v) is 10.9. The number of nitrogens with zero attached hydrogens (tertiary/aromatic N) is 2. The Morgan fingerprint density at radius 3 is 2.88 bits per heavy atom. The Labute approximate surface area is 106 Å². The maximum absolute atomic E-state index is 8.91. The second kappa shape index (κ2) is 7.29. The molecule has 0 fully saturated rings. The lowest BCUT2D eigenvalue weighted by Crippen LogP contribution is -2.16. The van der Waals surface area contributed by atoms with Crippen LogP contribution in [0.4, 0.5) is 5.82 Å². The smallest absolute Gasteiger partial charge is 0.198 e. The minimum atomic E-state index is 0.196. The van der Waals surface area contributed by atoms with E-state index in [4.69, 9.17) is 21.4 Å². The van der Waals surface area contributed by atoms with Crippen LogP contribution in [0.25, 0.3) is 0 Å². The molecule has 0 aliphatic heterocycles. The van der Waals surface area contributed by atoms with Gasteiger partial charge in [-0.15, -0.1) is 0 Å².